The van der Waals surface area contributed by atoms with Crippen LogP contribution in [-0.2, 0) is 0 Å². The Morgan fingerprint density at radius 2 is 2.35 bits per heavy atom. The quantitative estimate of drug-likeness (QED) is 0.875. The van der Waals surface area contributed by atoms with Gasteiger partial charge in [0.2, 0.25) is 0 Å². The Kier molecular flexibility index (Phi) is 4.84. The molecule has 2 rings (SSSR count). The molecule has 0 radical (unpaired) electrons. The minimum Gasteiger partial charge on any atom is -0.507 e. The number of piperidine rings is 1. The molecule has 1 aliphatic heterocycles. The zero-order valence-corrected chi connectivity index (χ0v) is 12.1. The van der Waals surface area contributed by atoms with Crippen LogP contribution in [0, 0.1) is 5.92 Å². The molecule has 0 saturated carbocycles. The van der Waals surface area contributed by atoms with Crippen molar-refractivity contribution in [3.8, 4) is 11.5 Å². The molecule has 5 nitrogen and oxygen atoms in total. The van der Waals surface area contributed by atoms with Crippen LogP contribution >= 0.6 is 0 Å². The van der Waals surface area contributed by atoms with Gasteiger partial charge in [0, 0.05) is 13.6 Å². The summed E-state index contributed by atoms with van der Waals surface area (Å²) in [5, 5.41) is 13.2. The molecule has 1 unspecified atom stereocenters. The number of aromatic hydroxyl groups is 1. The summed E-state index contributed by atoms with van der Waals surface area (Å²) in [4.78, 5) is 14.1. The summed E-state index contributed by atoms with van der Waals surface area (Å²) in [5.41, 5.74) is 0.288. The average Bonchev–Trinajstić information content (AvgIpc) is 2.48. The molecule has 1 amide bonds. The molecule has 1 atom stereocenters. The van der Waals surface area contributed by atoms with E-state index in [2.05, 4.69) is 5.32 Å². The van der Waals surface area contributed by atoms with Crippen molar-refractivity contribution in [1.82, 2.24) is 10.2 Å². The Morgan fingerprint density at radius 1 is 1.55 bits per heavy atom. The smallest absolute Gasteiger partial charge is 0.257 e. The summed E-state index contributed by atoms with van der Waals surface area (Å²) >= 11 is 0. The van der Waals surface area contributed by atoms with E-state index in [9.17, 15) is 9.90 Å². The number of nitrogens with one attached hydrogen (secondary N) is 1. The van der Waals surface area contributed by atoms with E-state index >= 15 is 0 Å². The highest BCUT2D eigenvalue weighted by atomic mass is 16.5. The fraction of sp³-hybridized carbons (Fsp3) is 0.533. The number of phenols is 1. The van der Waals surface area contributed by atoms with Gasteiger partial charge in [-0.1, -0.05) is 0 Å². The predicted octanol–water partition coefficient (Wildman–Crippen LogP) is 1.47. The lowest BCUT2D eigenvalue weighted by Crippen LogP contribution is -2.39. The number of amides is 1. The fourth-order valence-corrected chi connectivity index (χ4v) is 2.57. The third-order valence-corrected chi connectivity index (χ3v) is 3.71. The third kappa shape index (κ3) is 3.42. The Labute approximate surface area is 119 Å². The summed E-state index contributed by atoms with van der Waals surface area (Å²) in [6.07, 6.45) is 2.28. The molecular formula is C15H22N2O3. The zero-order valence-electron chi connectivity index (χ0n) is 12.1. The van der Waals surface area contributed by atoms with Crippen LogP contribution in [0.25, 0.3) is 0 Å². The van der Waals surface area contributed by atoms with E-state index in [0.717, 1.165) is 25.9 Å². The van der Waals surface area contributed by atoms with Crippen molar-refractivity contribution >= 4 is 5.91 Å². The molecule has 20 heavy (non-hydrogen) atoms. The van der Waals surface area contributed by atoms with E-state index in [1.807, 2.05) is 0 Å². The molecule has 0 spiro atoms. The lowest BCUT2D eigenvalue weighted by molar-refractivity contribution is 0.0761. The second-order valence-corrected chi connectivity index (χ2v) is 5.28. The molecule has 1 aromatic carbocycles. The molecule has 0 bridgehead atoms. The van der Waals surface area contributed by atoms with Crippen LogP contribution in [0.5, 0.6) is 11.5 Å². The van der Waals surface area contributed by atoms with Gasteiger partial charge in [-0.3, -0.25) is 4.79 Å². The second-order valence-electron chi connectivity index (χ2n) is 5.28. The number of benzene rings is 1. The van der Waals surface area contributed by atoms with Crippen molar-refractivity contribution in [2.24, 2.45) is 5.92 Å². The van der Waals surface area contributed by atoms with Crippen LogP contribution in [-0.4, -0.2) is 49.7 Å². The van der Waals surface area contributed by atoms with E-state index in [0.29, 0.717) is 18.2 Å². The van der Waals surface area contributed by atoms with Gasteiger partial charge in [0.1, 0.15) is 11.5 Å². The molecule has 1 fully saturated rings. The number of hydrogen-bond acceptors (Lipinski definition) is 4. The summed E-state index contributed by atoms with van der Waals surface area (Å²) in [5.74, 6) is 0.862. The zero-order chi connectivity index (χ0) is 14.5. The van der Waals surface area contributed by atoms with Crippen molar-refractivity contribution in [1.29, 1.82) is 0 Å². The second kappa shape index (κ2) is 6.61. The molecule has 5 heteroatoms. The Balaban J connectivity index is 2.05. The molecule has 0 aliphatic carbocycles. The predicted molar refractivity (Wildman–Crippen MR) is 77.2 cm³/mol. The van der Waals surface area contributed by atoms with Gasteiger partial charge in [0.05, 0.1) is 12.7 Å². The number of carbonyl (C=O) groups excluding carboxylic acids is 1. The highest BCUT2D eigenvalue weighted by molar-refractivity contribution is 5.97. The van der Waals surface area contributed by atoms with Crippen LogP contribution < -0.4 is 10.1 Å². The van der Waals surface area contributed by atoms with E-state index in [4.69, 9.17) is 4.74 Å². The highest BCUT2D eigenvalue weighted by Crippen LogP contribution is 2.24. The Morgan fingerprint density at radius 3 is 3.00 bits per heavy atom. The maximum atomic E-state index is 12.4. The highest BCUT2D eigenvalue weighted by Gasteiger charge is 2.21. The van der Waals surface area contributed by atoms with Crippen molar-refractivity contribution in [2.45, 2.75) is 12.8 Å². The van der Waals surface area contributed by atoms with Crippen LogP contribution in [0.2, 0.25) is 0 Å². The molecular weight excluding hydrogens is 256 g/mol. The molecule has 1 saturated heterocycles. The van der Waals surface area contributed by atoms with Crippen molar-refractivity contribution in [3.05, 3.63) is 23.8 Å². The van der Waals surface area contributed by atoms with Crippen LogP contribution in [0.4, 0.5) is 0 Å². The maximum Gasteiger partial charge on any atom is 0.257 e. The Bertz CT molecular complexity index is 470. The topological polar surface area (TPSA) is 61.8 Å². The van der Waals surface area contributed by atoms with Gasteiger partial charge in [-0.05, 0) is 50.0 Å². The van der Waals surface area contributed by atoms with E-state index in [1.54, 1.807) is 24.1 Å². The van der Waals surface area contributed by atoms with Gasteiger partial charge in [-0.15, -0.1) is 0 Å². The number of rotatable bonds is 4. The molecule has 2 N–H and O–H groups in total. The Hall–Kier alpha value is -1.75. The first-order valence-corrected chi connectivity index (χ1v) is 6.95. The maximum absolute atomic E-state index is 12.4. The lowest BCUT2D eigenvalue weighted by atomic mass is 9.99. The first kappa shape index (κ1) is 14.7. The number of methoxy groups -OCH3 is 1. The van der Waals surface area contributed by atoms with E-state index < -0.39 is 0 Å². The molecule has 1 heterocycles. The first-order valence-electron chi connectivity index (χ1n) is 6.95. The van der Waals surface area contributed by atoms with Crippen LogP contribution in [0.1, 0.15) is 23.2 Å². The monoisotopic (exact) mass is 278 g/mol. The minimum absolute atomic E-state index is 0.00980. The number of phenolic OH excluding ortho intramolecular Hbond substituents is 1. The minimum atomic E-state index is -0.174. The lowest BCUT2D eigenvalue weighted by Gasteiger charge is -2.27. The molecule has 0 aromatic heterocycles. The van der Waals surface area contributed by atoms with E-state index in [-0.39, 0.29) is 17.2 Å². The molecule has 1 aliphatic rings. The molecule has 1 aromatic rings. The average molecular weight is 278 g/mol. The normalized spacial score (nSPS) is 18.6. The van der Waals surface area contributed by atoms with E-state index in [1.165, 1.54) is 13.2 Å². The van der Waals surface area contributed by atoms with Crippen molar-refractivity contribution in [2.75, 3.05) is 33.8 Å². The van der Waals surface area contributed by atoms with Gasteiger partial charge >= 0.3 is 0 Å². The van der Waals surface area contributed by atoms with Gasteiger partial charge in [0.15, 0.2) is 0 Å². The summed E-state index contributed by atoms with van der Waals surface area (Å²) < 4.78 is 5.10. The van der Waals surface area contributed by atoms with Crippen LogP contribution in [0.3, 0.4) is 0 Å². The summed E-state index contributed by atoms with van der Waals surface area (Å²) in [6.45, 7) is 2.70. The summed E-state index contributed by atoms with van der Waals surface area (Å²) in [6, 6.07) is 4.70. The van der Waals surface area contributed by atoms with Crippen molar-refractivity contribution < 1.29 is 14.6 Å². The van der Waals surface area contributed by atoms with Crippen LogP contribution in [0.15, 0.2) is 18.2 Å². The summed E-state index contributed by atoms with van der Waals surface area (Å²) in [7, 11) is 3.31. The number of ether oxygens (including phenoxy) is 1. The van der Waals surface area contributed by atoms with Crippen molar-refractivity contribution in [3.63, 3.8) is 0 Å². The first-order chi connectivity index (χ1) is 9.61. The van der Waals surface area contributed by atoms with Gasteiger partial charge in [-0.2, -0.15) is 0 Å². The molecule has 110 valence electrons. The van der Waals surface area contributed by atoms with Gasteiger partial charge in [-0.25, -0.2) is 0 Å². The largest absolute Gasteiger partial charge is 0.507 e. The number of hydrogen-bond donors (Lipinski definition) is 2. The number of nitrogens with zero attached hydrogens (tertiary/aromatic N) is 1. The van der Waals surface area contributed by atoms with Gasteiger partial charge < -0.3 is 20.1 Å². The standard InChI is InChI=1S/C15H22N2O3/c1-17(10-11-4-3-7-16-9-11)15(19)13-8-12(20-2)5-6-14(13)18/h5-6,8,11,16,18H,3-4,7,9-10H2,1-2H3. The third-order valence-electron chi connectivity index (χ3n) is 3.71. The van der Waals surface area contributed by atoms with Gasteiger partial charge in [0.25, 0.3) is 5.91 Å². The number of carbonyl (C=O) groups is 1. The SMILES string of the molecule is COc1ccc(O)c(C(=O)N(C)CC2CCCNC2)c1. The fourth-order valence-electron chi connectivity index (χ4n) is 2.57.